The van der Waals surface area contributed by atoms with Crippen LogP contribution in [0.1, 0.15) is 46.4 Å². The summed E-state index contributed by atoms with van der Waals surface area (Å²) in [5, 5.41) is 3.14. The van der Waals surface area contributed by atoms with Crippen molar-refractivity contribution in [1.29, 1.82) is 0 Å². The lowest BCUT2D eigenvalue weighted by Gasteiger charge is -2.19. The average molecular weight is 359 g/mol. The van der Waals surface area contributed by atoms with E-state index in [1.54, 1.807) is 6.07 Å². The zero-order valence-electron chi connectivity index (χ0n) is 15.8. The van der Waals surface area contributed by atoms with Crippen LogP contribution in [0.5, 0.6) is 5.75 Å². The summed E-state index contributed by atoms with van der Waals surface area (Å²) in [5.41, 5.74) is 3.94. The molecule has 1 N–H and O–H groups in total. The third kappa shape index (κ3) is 4.98. The number of benzene rings is 3. The summed E-state index contributed by atoms with van der Waals surface area (Å²) in [6.07, 6.45) is 0.821. The van der Waals surface area contributed by atoms with Gasteiger partial charge in [0.25, 0.3) is 5.91 Å². The Balaban J connectivity index is 1.73. The fraction of sp³-hybridized carbons (Fsp3) is 0.208. The maximum absolute atomic E-state index is 12.9. The van der Waals surface area contributed by atoms with Gasteiger partial charge in [-0.05, 0) is 36.6 Å². The first-order valence-corrected chi connectivity index (χ1v) is 9.30. The van der Waals surface area contributed by atoms with Crippen molar-refractivity contribution in [1.82, 2.24) is 5.32 Å². The molecule has 0 radical (unpaired) electrons. The maximum Gasteiger partial charge on any atom is 0.255 e. The highest BCUT2D eigenvalue weighted by molar-refractivity contribution is 5.97. The smallest absolute Gasteiger partial charge is 0.255 e. The molecule has 0 aromatic heterocycles. The summed E-state index contributed by atoms with van der Waals surface area (Å²) in [4.78, 5) is 12.9. The van der Waals surface area contributed by atoms with Gasteiger partial charge in [-0.1, -0.05) is 79.2 Å². The molecule has 3 aromatic carbocycles. The maximum atomic E-state index is 12.9. The van der Waals surface area contributed by atoms with Gasteiger partial charge in [-0.3, -0.25) is 4.79 Å². The number of nitrogens with one attached hydrogen (secondary N) is 1. The summed E-state index contributed by atoms with van der Waals surface area (Å²) >= 11 is 0. The monoisotopic (exact) mass is 359 g/mol. The molecule has 138 valence electrons. The van der Waals surface area contributed by atoms with Crippen molar-refractivity contribution >= 4 is 5.91 Å². The van der Waals surface area contributed by atoms with E-state index < -0.39 is 0 Å². The Hall–Kier alpha value is -3.07. The Bertz CT molecular complexity index is 872. The number of aryl methyl sites for hydroxylation is 1. The molecular formula is C24H25NO2. The number of hydrogen-bond acceptors (Lipinski definition) is 2. The number of carbonyl (C=O) groups excluding carboxylic acids is 1. The lowest BCUT2D eigenvalue weighted by atomic mass is 10.0. The van der Waals surface area contributed by atoms with Crippen LogP contribution in [0.25, 0.3) is 0 Å². The minimum absolute atomic E-state index is 0.0275. The highest BCUT2D eigenvalue weighted by atomic mass is 16.5. The quantitative estimate of drug-likeness (QED) is 0.609. The van der Waals surface area contributed by atoms with Crippen LogP contribution in [-0.4, -0.2) is 5.91 Å². The molecular weight excluding hydrogens is 334 g/mol. The van der Waals surface area contributed by atoms with Gasteiger partial charge in [0.1, 0.15) is 12.4 Å². The zero-order chi connectivity index (χ0) is 19.1. The minimum Gasteiger partial charge on any atom is -0.488 e. The molecule has 3 heteroatoms. The Morgan fingerprint density at radius 1 is 0.926 bits per heavy atom. The average Bonchev–Trinajstić information content (AvgIpc) is 2.72. The van der Waals surface area contributed by atoms with Crippen LogP contribution >= 0.6 is 0 Å². The molecule has 3 rings (SSSR count). The largest absolute Gasteiger partial charge is 0.488 e. The Labute approximate surface area is 161 Å². The number of ether oxygens (including phenoxy) is 1. The second-order valence-corrected chi connectivity index (χ2v) is 6.62. The lowest BCUT2D eigenvalue weighted by Crippen LogP contribution is -2.28. The number of hydrogen-bond donors (Lipinski definition) is 1. The molecule has 0 saturated carbocycles. The van der Waals surface area contributed by atoms with E-state index in [9.17, 15) is 4.79 Å². The van der Waals surface area contributed by atoms with Gasteiger partial charge in [-0.25, -0.2) is 0 Å². The lowest BCUT2D eigenvalue weighted by molar-refractivity contribution is 0.0931. The summed E-state index contributed by atoms with van der Waals surface area (Å²) < 4.78 is 5.92. The molecule has 1 amide bonds. The molecule has 0 saturated heterocycles. The number of carbonyl (C=O) groups is 1. The second-order valence-electron chi connectivity index (χ2n) is 6.62. The molecule has 0 aliphatic carbocycles. The molecule has 1 atom stereocenters. The van der Waals surface area contributed by atoms with Crippen molar-refractivity contribution in [2.24, 2.45) is 0 Å². The molecule has 0 unspecified atom stereocenters. The fourth-order valence-electron chi connectivity index (χ4n) is 2.97. The van der Waals surface area contributed by atoms with Crippen molar-refractivity contribution in [2.45, 2.75) is 32.9 Å². The zero-order valence-corrected chi connectivity index (χ0v) is 15.8. The molecule has 3 aromatic rings. The van der Waals surface area contributed by atoms with Crippen LogP contribution in [0, 0.1) is 6.92 Å². The molecule has 0 aliphatic heterocycles. The first-order chi connectivity index (χ1) is 13.2. The highest BCUT2D eigenvalue weighted by Gasteiger charge is 2.17. The van der Waals surface area contributed by atoms with Crippen molar-refractivity contribution in [3.05, 3.63) is 101 Å². The van der Waals surface area contributed by atoms with Gasteiger partial charge in [-0.15, -0.1) is 0 Å². The van der Waals surface area contributed by atoms with Crippen LogP contribution in [0.3, 0.4) is 0 Å². The van der Waals surface area contributed by atoms with Crippen LogP contribution in [0.2, 0.25) is 0 Å². The summed E-state index contributed by atoms with van der Waals surface area (Å²) in [5.74, 6) is 0.476. The Morgan fingerprint density at radius 2 is 1.59 bits per heavy atom. The number of para-hydroxylation sites is 1. The van der Waals surface area contributed by atoms with E-state index in [4.69, 9.17) is 4.74 Å². The molecule has 0 fully saturated rings. The van der Waals surface area contributed by atoms with E-state index in [1.807, 2.05) is 48.5 Å². The predicted molar refractivity (Wildman–Crippen MR) is 109 cm³/mol. The standard InChI is InChI=1S/C24H25NO2/c1-3-22(20-15-13-18(2)14-16-20)25-24(26)21-11-7-8-12-23(21)27-17-19-9-5-4-6-10-19/h4-16,22H,3,17H2,1-2H3,(H,25,26)/t22-/m1/s1. The summed E-state index contributed by atoms with van der Waals surface area (Å²) in [6.45, 7) is 4.56. The third-order valence-corrected chi connectivity index (χ3v) is 4.56. The van der Waals surface area contributed by atoms with Gasteiger partial charge in [0.05, 0.1) is 11.6 Å². The predicted octanol–water partition coefficient (Wildman–Crippen LogP) is 5.46. The van der Waals surface area contributed by atoms with E-state index in [0.29, 0.717) is 17.9 Å². The third-order valence-electron chi connectivity index (χ3n) is 4.56. The Kier molecular flexibility index (Phi) is 6.26. The van der Waals surface area contributed by atoms with Crippen molar-refractivity contribution < 1.29 is 9.53 Å². The number of rotatable bonds is 7. The fourth-order valence-corrected chi connectivity index (χ4v) is 2.97. The van der Waals surface area contributed by atoms with Gasteiger partial charge in [0.2, 0.25) is 0 Å². The first kappa shape index (κ1) is 18.7. The van der Waals surface area contributed by atoms with Crippen LogP contribution in [0.15, 0.2) is 78.9 Å². The normalized spacial score (nSPS) is 11.6. The van der Waals surface area contributed by atoms with Crippen LogP contribution in [-0.2, 0) is 6.61 Å². The molecule has 0 aliphatic rings. The van der Waals surface area contributed by atoms with E-state index in [-0.39, 0.29) is 11.9 Å². The molecule has 0 bridgehead atoms. The summed E-state index contributed by atoms with van der Waals surface area (Å²) in [6, 6.07) is 25.6. The minimum atomic E-state index is -0.119. The second kappa shape index (κ2) is 9.04. The van der Waals surface area contributed by atoms with Gasteiger partial charge >= 0.3 is 0 Å². The van der Waals surface area contributed by atoms with Crippen LogP contribution < -0.4 is 10.1 Å². The van der Waals surface area contributed by atoms with Crippen molar-refractivity contribution in [3.63, 3.8) is 0 Å². The SMILES string of the molecule is CC[C@@H](NC(=O)c1ccccc1OCc1ccccc1)c1ccc(C)cc1. The molecule has 27 heavy (non-hydrogen) atoms. The number of amides is 1. The van der Waals surface area contributed by atoms with Crippen LogP contribution in [0.4, 0.5) is 0 Å². The van der Waals surface area contributed by atoms with E-state index >= 15 is 0 Å². The molecule has 0 heterocycles. The van der Waals surface area contributed by atoms with Gasteiger partial charge in [-0.2, -0.15) is 0 Å². The summed E-state index contributed by atoms with van der Waals surface area (Å²) in [7, 11) is 0. The molecule has 3 nitrogen and oxygen atoms in total. The van der Waals surface area contributed by atoms with Gasteiger partial charge in [0.15, 0.2) is 0 Å². The van der Waals surface area contributed by atoms with Gasteiger partial charge < -0.3 is 10.1 Å². The Morgan fingerprint density at radius 3 is 2.30 bits per heavy atom. The van der Waals surface area contributed by atoms with Crippen molar-refractivity contribution in [2.75, 3.05) is 0 Å². The van der Waals surface area contributed by atoms with Gasteiger partial charge in [0, 0.05) is 0 Å². The molecule has 0 spiro atoms. The highest BCUT2D eigenvalue weighted by Crippen LogP contribution is 2.22. The van der Waals surface area contributed by atoms with E-state index in [1.165, 1.54) is 5.56 Å². The first-order valence-electron chi connectivity index (χ1n) is 9.30. The topological polar surface area (TPSA) is 38.3 Å². The van der Waals surface area contributed by atoms with Crippen molar-refractivity contribution in [3.8, 4) is 5.75 Å². The van der Waals surface area contributed by atoms with E-state index in [2.05, 4.69) is 43.4 Å². The van der Waals surface area contributed by atoms with E-state index in [0.717, 1.165) is 17.5 Å².